The van der Waals surface area contributed by atoms with E-state index in [1.165, 1.54) is 0 Å². The van der Waals surface area contributed by atoms with Gasteiger partial charge >= 0.3 is 0 Å². The summed E-state index contributed by atoms with van der Waals surface area (Å²) in [5, 5.41) is 4.05. The van der Waals surface area contributed by atoms with Gasteiger partial charge in [0.2, 0.25) is 5.88 Å². The molecule has 0 N–H and O–H groups in total. The lowest BCUT2D eigenvalue weighted by Gasteiger charge is -2.10. The number of pyridine rings is 1. The topological polar surface area (TPSA) is 79.5 Å². The molecular weight excluding hydrogens is 346 g/mol. The molecule has 140 valence electrons. The van der Waals surface area contributed by atoms with Crippen LogP contribution in [0.2, 0.25) is 0 Å². The van der Waals surface area contributed by atoms with E-state index < -0.39 is 0 Å². The zero-order valence-corrected chi connectivity index (χ0v) is 15.1. The second-order valence-corrected chi connectivity index (χ2v) is 6.47. The lowest BCUT2D eigenvalue weighted by Crippen LogP contribution is -2.14. The predicted molar refractivity (Wildman–Crippen MR) is 96.6 cm³/mol. The average molecular weight is 367 g/mol. The van der Waals surface area contributed by atoms with Crippen molar-refractivity contribution >= 4 is 0 Å². The van der Waals surface area contributed by atoms with E-state index in [9.17, 15) is 0 Å². The summed E-state index contributed by atoms with van der Waals surface area (Å²) >= 11 is 0. The van der Waals surface area contributed by atoms with Gasteiger partial charge in [-0.25, -0.2) is 4.98 Å². The highest BCUT2D eigenvalue weighted by atomic mass is 16.5. The number of hydrogen-bond acceptors (Lipinski definition) is 7. The molecule has 1 aromatic carbocycles. The monoisotopic (exact) mass is 367 g/mol. The van der Waals surface area contributed by atoms with E-state index in [-0.39, 0.29) is 12.7 Å². The van der Waals surface area contributed by atoms with Gasteiger partial charge < -0.3 is 18.7 Å². The number of ether oxygens (including phenoxy) is 3. The Labute approximate surface area is 157 Å². The Morgan fingerprint density at radius 1 is 1.15 bits per heavy atom. The molecule has 3 heterocycles. The van der Waals surface area contributed by atoms with Crippen LogP contribution in [0.25, 0.3) is 0 Å². The number of aromatic nitrogens is 3. The summed E-state index contributed by atoms with van der Waals surface area (Å²) in [6.07, 6.45) is 3.72. The van der Waals surface area contributed by atoms with E-state index in [0.717, 1.165) is 19.4 Å². The molecule has 7 heteroatoms. The van der Waals surface area contributed by atoms with Gasteiger partial charge in [0, 0.05) is 31.4 Å². The quantitative estimate of drug-likeness (QED) is 0.628. The third-order valence-electron chi connectivity index (χ3n) is 4.52. The molecule has 2 unspecified atom stereocenters. The summed E-state index contributed by atoms with van der Waals surface area (Å²) in [5.41, 5.74) is 0. The fourth-order valence-corrected chi connectivity index (χ4v) is 3.01. The Hall–Kier alpha value is -2.93. The second-order valence-electron chi connectivity index (χ2n) is 6.47. The Morgan fingerprint density at radius 3 is 2.89 bits per heavy atom. The molecule has 2 aromatic heterocycles. The molecule has 7 nitrogen and oxygen atoms in total. The first-order chi connectivity index (χ1) is 13.3. The zero-order valence-electron chi connectivity index (χ0n) is 15.1. The molecule has 1 saturated heterocycles. The molecule has 0 saturated carbocycles. The lowest BCUT2D eigenvalue weighted by molar-refractivity contribution is 0.105. The van der Waals surface area contributed by atoms with Crippen LogP contribution < -0.4 is 9.47 Å². The number of hydrogen-bond donors (Lipinski definition) is 0. The molecule has 1 fully saturated rings. The van der Waals surface area contributed by atoms with Crippen molar-refractivity contribution in [1.29, 1.82) is 0 Å². The summed E-state index contributed by atoms with van der Waals surface area (Å²) in [6.45, 7) is 3.09. The molecule has 0 spiro atoms. The van der Waals surface area contributed by atoms with Crippen molar-refractivity contribution in [2.45, 2.75) is 32.5 Å². The van der Waals surface area contributed by atoms with E-state index in [4.69, 9.17) is 18.7 Å². The predicted octanol–water partition coefficient (Wildman–Crippen LogP) is 3.80. The fourth-order valence-electron chi connectivity index (χ4n) is 3.01. The van der Waals surface area contributed by atoms with Gasteiger partial charge in [-0.05, 0) is 37.5 Å². The van der Waals surface area contributed by atoms with Gasteiger partial charge in [0.1, 0.15) is 11.5 Å². The van der Waals surface area contributed by atoms with Crippen LogP contribution in [-0.4, -0.2) is 27.8 Å². The van der Waals surface area contributed by atoms with Crippen LogP contribution in [0, 0.1) is 5.92 Å². The van der Waals surface area contributed by atoms with Crippen LogP contribution in [0.4, 0.5) is 0 Å². The van der Waals surface area contributed by atoms with Crippen molar-refractivity contribution in [3.05, 3.63) is 60.4 Å². The van der Waals surface area contributed by atoms with Gasteiger partial charge in [0.15, 0.2) is 12.4 Å². The highest BCUT2D eigenvalue weighted by Gasteiger charge is 2.26. The maximum absolute atomic E-state index is 5.75. The summed E-state index contributed by atoms with van der Waals surface area (Å²) in [6, 6.07) is 12.8. The van der Waals surface area contributed by atoms with Gasteiger partial charge in [-0.1, -0.05) is 17.3 Å². The number of nitrogens with zero attached hydrogens (tertiary/aromatic N) is 3. The Balaban J connectivity index is 1.33. The first-order valence-electron chi connectivity index (χ1n) is 9.01. The van der Waals surface area contributed by atoms with Crippen molar-refractivity contribution in [3.63, 3.8) is 0 Å². The Morgan fingerprint density at radius 2 is 2.07 bits per heavy atom. The molecule has 4 rings (SSSR count). The smallest absolute Gasteiger partial charge is 0.264 e. The van der Waals surface area contributed by atoms with Crippen molar-refractivity contribution in [2.24, 2.45) is 5.92 Å². The van der Waals surface area contributed by atoms with Crippen LogP contribution in [-0.2, 0) is 17.8 Å². The van der Waals surface area contributed by atoms with Crippen molar-refractivity contribution in [3.8, 4) is 17.4 Å². The van der Waals surface area contributed by atoms with Crippen LogP contribution in [0.15, 0.2) is 53.2 Å². The fraction of sp³-hybridized carbons (Fsp3) is 0.350. The number of benzene rings is 1. The Kier molecular flexibility index (Phi) is 5.29. The standard InChI is InChI=1S/C20H21N3O4/c1-14-15(8-10-24-14)11-18-22-20(27-23-18)13-25-16-5-4-6-17(12-16)26-19-7-2-3-9-21-19/h2-7,9,12,14-15H,8,10-11,13H2,1H3. The van der Waals surface area contributed by atoms with Crippen LogP contribution in [0.5, 0.6) is 17.4 Å². The van der Waals surface area contributed by atoms with Crippen LogP contribution >= 0.6 is 0 Å². The summed E-state index contributed by atoms with van der Waals surface area (Å²) < 4.78 is 22.3. The van der Waals surface area contributed by atoms with E-state index in [0.29, 0.717) is 35.0 Å². The van der Waals surface area contributed by atoms with Crippen LogP contribution in [0.3, 0.4) is 0 Å². The minimum atomic E-state index is 0.205. The SMILES string of the molecule is CC1OCCC1Cc1noc(COc2cccc(Oc3ccccn3)c2)n1. The van der Waals surface area contributed by atoms with E-state index in [1.807, 2.05) is 30.3 Å². The third kappa shape index (κ3) is 4.62. The molecule has 0 bridgehead atoms. The van der Waals surface area contributed by atoms with Gasteiger partial charge in [-0.3, -0.25) is 0 Å². The third-order valence-corrected chi connectivity index (χ3v) is 4.52. The minimum absolute atomic E-state index is 0.205. The molecule has 27 heavy (non-hydrogen) atoms. The van der Waals surface area contributed by atoms with Crippen molar-refractivity contribution < 1.29 is 18.7 Å². The second kappa shape index (κ2) is 8.18. The maximum atomic E-state index is 5.75. The van der Waals surface area contributed by atoms with Crippen LogP contribution in [0.1, 0.15) is 25.1 Å². The van der Waals surface area contributed by atoms with E-state index >= 15 is 0 Å². The summed E-state index contributed by atoms with van der Waals surface area (Å²) in [5.74, 6) is 3.42. The largest absolute Gasteiger partial charge is 0.484 e. The highest BCUT2D eigenvalue weighted by Crippen LogP contribution is 2.25. The Bertz CT molecular complexity index is 868. The molecular formula is C20H21N3O4. The molecule has 1 aliphatic rings. The molecule has 0 amide bonds. The molecule has 3 aromatic rings. The van der Waals surface area contributed by atoms with Gasteiger partial charge in [-0.2, -0.15) is 4.98 Å². The molecule has 0 radical (unpaired) electrons. The highest BCUT2D eigenvalue weighted by molar-refractivity contribution is 5.35. The first kappa shape index (κ1) is 17.5. The minimum Gasteiger partial charge on any atom is -0.484 e. The summed E-state index contributed by atoms with van der Waals surface area (Å²) in [4.78, 5) is 8.56. The number of rotatable bonds is 7. The van der Waals surface area contributed by atoms with Crippen molar-refractivity contribution in [1.82, 2.24) is 15.1 Å². The summed E-state index contributed by atoms with van der Waals surface area (Å²) in [7, 11) is 0. The zero-order chi connectivity index (χ0) is 18.5. The molecule has 0 aliphatic carbocycles. The normalized spacial score (nSPS) is 19.1. The van der Waals surface area contributed by atoms with E-state index in [2.05, 4.69) is 22.0 Å². The maximum Gasteiger partial charge on any atom is 0.264 e. The average Bonchev–Trinajstić information content (AvgIpc) is 3.31. The lowest BCUT2D eigenvalue weighted by atomic mass is 9.99. The van der Waals surface area contributed by atoms with Gasteiger partial charge in [-0.15, -0.1) is 0 Å². The van der Waals surface area contributed by atoms with E-state index in [1.54, 1.807) is 18.3 Å². The van der Waals surface area contributed by atoms with Crippen molar-refractivity contribution in [2.75, 3.05) is 6.61 Å². The first-order valence-corrected chi connectivity index (χ1v) is 9.01. The molecule has 2 atom stereocenters. The molecule has 1 aliphatic heterocycles. The van der Waals surface area contributed by atoms with Gasteiger partial charge in [0.25, 0.3) is 5.89 Å². The van der Waals surface area contributed by atoms with Gasteiger partial charge in [0.05, 0.1) is 6.10 Å².